The molecule has 0 unspecified atom stereocenters. The standard InChI is InChI=1S/C20H24N6O3S/c1-24-13-19(21-14-24)30(28,29)26-10-8-15(9-11-26)17-12-18(23-22-17)20(27)25(2)16-6-4-3-5-7-16/h3-7,12-15H,8-11H2,1-2H3,(H,22,23). The topological polar surface area (TPSA) is 104 Å². The van der Waals surface area contributed by atoms with E-state index in [-0.39, 0.29) is 16.9 Å². The van der Waals surface area contributed by atoms with Crippen molar-refractivity contribution in [2.24, 2.45) is 7.05 Å². The van der Waals surface area contributed by atoms with Crippen molar-refractivity contribution in [3.05, 3.63) is 60.3 Å². The highest BCUT2D eigenvalue weighted by atomic mass is 32.2. The summed E-state index contributed by atoms with van der Waals surface area (Å²) < 4.78 is 28.5. The lowest BCUT2D eigenvalue weighted by Gasteiger charge is -2.30. The number of imidazole rings is 1. The molecule has 1 fully saturated rings. The van der Waals surface area contributed by atoms with Crippen LogP contribution >= 0.6 is 0 Å². The average molecular weight is 429 g/mol. The number of nitrogens with zero attached hydrogens (tertiary/aromatic N) is 5. The van der Waals surface area contributed by atoms with Crippen LogP contribution in [-0.4, -0.2) is 58.5 Å². The Labute approximate surface area is 175 Å². The molecule has 1 N–H and O–H groups in total. The Bertz CT molecular complexity index is 1130. The second kappa shape index (κ2) is 8.04. The Morgan fingerprint density at radius 1 is 1.20 bits per heavy atom. The number of carbonyl (C=O) groups is 1. The second-order valence-corrected chi connectivity index (χ2v) is 9.35. The van der Waals surface area contributed by atoms with Crippen LogP contribution in [0, 0.1) is 0 Å². The van der Waals surface area contributed by atoms with Gasteiger partial charge >= 0.3 is 0 Å². The van der Waals surface area contributed by atoms with Crippen molar-refractivity contribution in [1.82, 2.24) is 24.1 Å². The molecule has 0 atom stereocenters. The molecule has 1 amide bonds. The number of nitrogens with one attached hydrogen (secondary N) is 1. The summed E-state index contributed by atoms with van der Waals surface area (Å²) in [6.07, 6.45) is 4.29. The third kappa shape index (κ3) is 3.88. The molecule has 2 aromatic heterocycles. The Morgan fingerprint density at radius 3 is 2.53 bits per heavy atom. The molecule has 30 heavy (non-hydrogen) atoms. The summed E-state index contributed by atoms with van der Waals surface area (Å²) in [4.78, 5) is 18.3. The van der Waals surface area contributed by atoms with E-state index >= 15 is 0 Å². The van der Waals surface area contributed by atoms with Crippen molar-refractivity contribution in [1.29, 1.82) is 0 Å². The molecule has 1 aliphatic heterocycles. The molecular formula is C20H24N6O3S. The van der Waals surface area contributed by atoms with Crippen molar-refractivity contribution in [3.8, 4) is 0 Å². The van der Waals surface area contributed by atoms with Crippen molar-refractivity contribution in [2.75, 3.05) is 25.0 Å². The number of benzene rings is 1. The molecule has 3 heterocycles. The predicted octanol–water partition coefficient (Wildman–Crippen LogP) is 1.99. The lowest BCUT2D eigenvalue weighted by atomic mass is 9.94. The summed E-state index contributed by atoms with van der Waals surface area (Å²) in [7, 11) is -0.126. The summed E-state index contributed by atoms with van der Waals surface area (Å²) in [5, 5.41) is 7.24. The van der Waals surface area contributed by atoms with Crippen LogP contribution in [0.2, 0.25) is 0 Å². The molecule has 0 aliphatic carbocycles. The number of aryl methyl sites for hydroxylation is 1. The molecule has 1 aromatic carbocycles. The number of H-pyrrole nitrogens is 1. The highest BCUT2D eigenvalue weighted by molar-refractivity contribution is 7.89. The minimum atomic E-state index is -3.58. The number of sulfonamides is 1. The third-order valence-electron chi connectivity index (χ3n) is 5.44. The second-order valence-electron chi connectivity index (χ2n) is 7.46. The zero-order chi connectivity index (χ0) is 21.3. The molecule has 158 valence electrons. The molecule has 0 radical (unpaired) electrons. The maximum Gasteiger partial charge on any atom is 0.278 e. The van der Waals surface area contributed by atoms with Gasteiger partial charge in [-0.15, -0.1) is 0 Å². The fraction of sp³-hybridized carbons (Fsp3) is 0.350. The molecule has 10 heteroatoms. The number of carbonyl (C=O) groups excluding carboxylic acids is 1. The van der Waals surface area contributed by atoms with Gasteiger partial charge in [-0.2, -0.15) is 9.40 Å². The van der Waals surface area contributed by atoms with Crippen LogP contribution in [0.25, 0.3) is 0 Å². The van der Waals surface area contributed by atoms with Gasteiger partial charge in [0.1, 0.15) is 0 Å². The predicted molar refractivity (Wildman–Crippen MR) is 112 cm³/mol. The normalized spacial score (nSPS) is 15.9. The van der Waals surface area contributed by atoms with Gasteiger partial charge < -0.3 is 9.47 Å². The van der Waals surface area contributed by atoms with Gasteiger partial charge in [-0.3, -0.25) is 9.89 Å². The number of piperidine rings is 1. The van der Waals surface area contributed by atoms with Crippen molar-refractivity contribution >= 4 is 21.6 Å². The molecule has 0 spiro atoms. The van der Waals surface area contributed by atoms with E-state index in [9.17, 15) is 13.2 Å². The molecule has 3 aromatic rings. The first-order valence-corrected chi connectivity index (χ1v) is 11.2. The van der Waals surface area contributed by atoms with E-state index in [2.05, 4.69) is 15.2 Å². The number of aromatic amines is 1. The van der Waals surface area contributed by atoms with Gasteiger partial charge in [0.15, 0.2) is 10.7 Å². The van der Waals surface area contributed by atoms with Crippen LogP contribution in [0.1, 0.15) is 34.9 Å². The van der Waals surface area contributed by atoms with Crippen molar-refractivity contribution in [3.63, 3.8) is 0 Å². The van der Waals surface area contributed by atoms with Crippen LogP contribution in [0.15, 0.2) is 53.9 Å². The zero-order valence-electron chi connectivity index (χ0n) is 16.9. The van der Waals surface area contributed by atoms with E-state index in [0.717, 1.165) is 11.4 Å². The molecular weight excluding hydrogens is 404 g/mol. The number of anilines is 1. The number of aromatic nitrogens is 4. The summed E-state index contributed by atoms with van der Waals surface area (Å²) in [5.74, 6) is -0.0740. The number of hydrogen-bond donors (Lipinski definition) is 1. The largest absolute Gasteiger partial charge is 0.339 e. The van der Waals surface area contributed by atoms with Crippen molar-refractivity contribution < 1.29 is 13.2 Å². The van der Waals surface area contributed by atoms with Gasteiger partial charge in [-0.05, 0) is 31.0 Å². The number of hydrogen-bond acceptors (Lipinski definition) is 5. The number of rotatable bonds is 5. The molecule has 1 saturated heterocycles. The smallest absolute Gasteiger partial charge is 0.278 e. The van der Waals surface area contributed by atoms with Crippen LogP contribution in [-0.2, 0) is 17.1 Å². The van der Waals surface area contributed by atoms with Crippen LogP contribution in [0.4, 0.5) is 5.69 Å². The Hall–Kier alpha value is -2.98. The first-order valence-electron chi connectivity index (χ1n) is 9.73. The average Bonchev–Trinajstić information content (AvgIpc) is 3.43. The minimum Gasteiger partial charge on any atom is -0.339 e. The lowest BCUT2D eigenvalue weighted by Crippen LogP contribution is -2.38. The lowest BCUT2D eigenvalue weighted by molar-refractivity contribution is 0.0988. The molecule has 4 rings (SSSR count). The van der Waals surface area contributed by atoms with Gasteiger partial charge in [0.25, 0.3) is 15.9 Å². The minimum absolute atomic E-state index is 0.0711. The fourth-order valence-corrected chi connectivity index (χ4v) is 5.09. The maximum atomic E-state index is 12.7. The highest BCUT2D eigenvalue weighted by Gasteiger charge is 2.32. The Morgan fingerprint density at radius 2 is 1.90 bits per heavy atom. The van der Waals surface area contributed by atoms with Gasteiger partial charge in [-0.1, -0.05) is 18.2 Å². The van der Waals surface area contributed by atoms with E-state index in [1.54, 1.807) is 29.6 Å². The van der Waals surface area contributed by atoms with Crippen LogP contribution in [0.3, 0.4) is 0 Å². The molecule has 1 aliphatic rings. The van der Waals surface area contributed by atoms with Crippen LogP contribution in [0.5, 0.6) is 0 Å². The van der Waals surface area contributed by atoms with E-state index in [4.69, 9.17) is 0 Å². The van der Waals surface area contributed by atoms with Gasteiger partial charge in [0.2, 0.25) is 0 Å². The fourth-order valence-electron chi connectivity index (χ4n) is 3.66. The van der Waals surface area contributed by atoms with Gasteiger partial charge in [0.05, 0.1) is 6.33 Å². The summed E-state index contributed by atoms with van der Waals surface area (Å²) >= 11 is 0. The summed E-state index contributed by atoms with van der Waals surface area (Å²) in [5.41, 5.74) is 2.00. The van der Waals surface area contributed by atoms with E-state index in [0.29, 0.717) is 31.6 Å². The first kappa shape index (κ1) is 20.3. The van der Waals surface area contributed by atoms with Gasteiger partial charge in [-0.25, -0.2) is 13.4 Å². The summed E-state index contributed by atoms with van der Waals surface area (Å²) in [6.45, 7) is 0.797. The zero-order valence-corrected chi connectivity index (χ0v) is 17.7. The number of amides is 1. The molecule has 9 nitrogen and oxygen atoms in total. The molecule has 0 saturated carbocycles. The Balaban J connectivity index is 1.41. The summed E-state index contributed by atoms with van der Waals surface area (Å²) in [6, 6.07) is 11.2. The van der Waals surface area contributed by atoms with Crippen molar-refractivity contribution in [2.45, 2.75) is 23.8 Å². The highest BCUT2D eigenvalue weighted by Crippen LogP contribution is 2.30. The maximum absolute atomic E-state index is 12.7. The van der Waals surface area contributed by atoms with E-state index in [1.165, 1.54) is 16.8 Å². The number of para-hydroxylation sites is 1. The monoisotopic (exact) mass is 428 g/mol. The van der Waals surface area contributed by atoms with E-state index < -0.39 is 10.0 Å². The Kier molecular flexibility index (Phi) is 5.44. The van der Waals surface area contributed by atoms with E-state index in [1.807, 2.05) is 30.3 Å². The third-order valence-corrected chi connectivity index (χ3v) is 7.23. The van der Waals surface area contributed by atoms with Gasteiger partial charge in [0, 0.05) is 50.7 Å². The van der Waals surface area contributed by atoms with Crippen LogP contribution < -0.4 is 4.90 Å². The quantitative estimate of drug-likeness (QED) is 0.669. The first-order chi connectivity index (χ1) is 14.4. The molecule has 0 bridgehead atoms. The SMILES string of the molecule is CN(C(=O)c1cc(C2CCN(S(=O)(=O)c3cn(C)cn3)CC2)[nH]n1)c1ccccc1.